The number of pyridine rings is 1. The number of ether oxygens (including phenoxy) is 2. The third-order valence-electron chi connectivity index (χ3n) is 3.99. The second kappa shape index (κ2) is 6.72. The number of benzene rings is 1. The molecule has 2 aromatic rings. The van der Waals surface area contributed by atoms with Crippen LogP contribution in [0.1, 0.15) is 50.0 Å². The number of hydrogen-bond donors (Lipinski definition) is 1. The van der Waals surface area contributed by atoms with E-state index in [0.29, 0.717) is 5.52 Å². The highest BCUT2D eigenvalue weighted by Crippen LogP contribution is 2.38. The summed E-state index contributed by atoms with van der Waals surface area (Å²) in [6, 6.07) is 2.77. The van der Waals surface area contributed by atoms with Crippen molar-refractivity contribution in [2.75, 3.05) is 13.2 Å². The maximum Gasteiger partial charge on any atom is 0.343 e. The lowest BCUT2D eigenvalue weighted by atomic mass is 10.1. The van der Waals surface area contributed by atoms with Crippen molar-refractivity contribution in [3.8, 4) is 5.75 Å². The van der Waals surface area contributed by atoms with Crippen LogP contribution in [0.3, 0.4) is 0 Å². The molecule has 140 valence electrons. The summed E-state index contributed by atoms with van der Waals surface area (Å²) >= 11 is 0. The van der Waals surface area contributed by atoms with Gasteiger partial charge in [0.05, 0.1) is 12.1 Å². The predicted octanol–water partition coefficient (Wildman–Crippen LogP) is 2.80. The molecule has 0 spiro atoms. The molecule has 1 fully saturated rings. The monoisotopic (exact) mass is 363 g/mol. The minimum atomic E-state index is -0.823. The van der Waals surface area contributed by atoms with Crippen molar-refractivity contribution < 1.29 is 23.8 Å². The van der Waals surface area contributed by atoms with Crippen molar-refractivity contribution >= 4 is 16.9 Å². The van der Waals surface area contributed by atoms with E-state index in [1.54, 1.807) is 4.57 Å². The standard InChI is InChI=1S/C19H22FNO5/c1-19(2,3)26-16-9-15-12(8-14(16)20)17(23)13(18(24)25-7-6-22)10-21(15)11-4-5-11/h8-11,22H,4-7H2,1-3H3. The molecule has 0 unspecified atom stereocenters. The van der Waals surface area contributed by atoms with Crippen LogP contribution in [-0.2, 0) is 4.74 Å². The molecule has 1 aromatic heterocycles. The van der Waals surface area contributed by atoms with Crippen LogP contribution in [0.25, 0.3) is 10.9 Å². The smallest absolute Gasteiger partial charge is 0.343 e. The third-order valence-corrected chi connectivity index (χ3v) is 3.99. The normalized spacial score (nSPS) is 14.5. The van der Waals surface area contributed by atoms with Crippen molar-refractivity contribution in [2.45, 2.75) is 45.3 Å². The molecule has 1 aliphatic rings. The molecule has 1 N–H and O–H groups in total. The number of aliphatic hydroxyl groups excluding tert-OH is 1. The first-order valence-electron chi connectivity index (χ1n) is 8.56. The van der Waals surface area contributed by atoms with Gasteiger partial charge in [0.15, 0.2) is 11.6 Å². The van der Waals surface area contributed by atoms with E-state index < -0.39 is 22.8 Å². The van der Waals surface area contributed by atoms with Crippen LogP contribution >= 0.6 is 0 Å². The Bertz CT molecular complexity index is 909. The number of carbonyl (C=O) groups is 1. The van der Waals surface area contributed by atoms with Gasteiger partial charge in [-0.15, -0.1) is 0 Å². The fourth-order valence-electron chi connectivity index (χ4n) is 2.77. The molecule has 1 aliphatic carbocycles. The maximum atomic E-state index is 14.5. The van der Waals surface area contributed by atoms with Crippen molar-refractivity contribution in [2.24, 2.45) is 0 Å². The van der Waals surface area contributed by atoms with E-state index in [0.717, 1.165) is 18.9 Å². The first kappa shape index (κ1) is 18.4. The van der Waals surface area contributed by atoms with Gasteiger partial charge in [-0.25, -0.2) is 9.18 Å². The van der Waals surface area contributed by atoms with Crippen LogP contribution in [0.5, 0.6) is 5.75 Å². The van der Waals surface area contributed by atoms with Crippen molar-refractivity contribution in [3.63, 3.8) is 0 Å². The quantitative estimate of drug-likeness (QED) is 0.827. The molecule has 1 heterocycles. The van der Waals surface area contributed by atoms with Crippen LogP contribution in [0.15, 0.2) is 23.1 Å². The summed E-state index contributed by atoms with van der Waals surface area (Å²) in [7, 11) is 0. The van der Waals surface area contributed by atoms with Gasteiger partial charge in [-0.05, 0) is 39.7 Å². The second-order valence-electron chi connectivity index (χ2n) is 7.38. The van der Waals surface area contributed by atoms with E-state index in [2.05, 4.69) is 0 Å². The average molecular weight is 363 g/mol. The van der Waals surface area contributed by atoms with Crippen molar-refractivity contribution in [1.82, 2.24) is 4.57 Å². The van der Waals surface area contributed by atoms with Crippen LogP contribution in [0.2, 0.25) is 0 Å². The molecule has 0 radical (unpaired) electrons. The highest BCUT2D eigenvalue weighted by molar-refractivity contribution is 5.94. The zero-order chi connectivity index (χ0) is 19.1. The maximum absolute atomic E-state index is 14.5. The summed E-state index contributed by atoms with van der Waals surface area (Å²) in [5.41, 5.74) is -0.826. The van der Waals surface area contributed by atoms with Gasteiger partial charge in [-0.1, -0.05) is 0 Å². The lowest BCUT2D eigenvalue weighted by Gasteiger charge is -2.22. The molecule has 0 bridgehead atoms. The molecule has 1 aromatic carbocycles. The van der Waals surface area contributed by atoms with E-state index >= 15 is 0 Å². The van der Waals surface area contributed by atoms with Gasteiger partial charge in [0, 0.05) is 23.7 Å². The highest BCUT2D eigenvalue weighted by Gasteiger charge is 2.28. The summed E-state index contributed by atoms with van der Waals surface area (Å²) < 4.78 is 26.8. The van der Waals surface area contributed by atoms with E-state index in [4.69, 9.17) is 14.6 Å². The van der Waals surface area contributed by atoms with Gasteiger partial charge in [-0.3, -0.25) is 4.79 Å². The molecule has 6 nitrogen and oxygen atoms in total. The fraction of sp³-hybridized carbons (Fsp3) is 0.474. The number of nitrogens with zero attached hydrogens (tertiary/aromatic N) is 1. The molecule has 1 saturated carbocycles. The van der Waals surface area contributed by atoms with Crippen LogP contribution in [0, 0.1) is 5.82 Å². The Kier molecular flexibility index (Phi) is 4.75. The summed E-state index contributed by atoms with van der Waals surface area (Å²) in [6.07, 6.45) is 3.28. The first-order chi connectivity index (χ1) is 12.2. The van der Waals surface area contributed by atoms with Crippen molar-refractivity contribution in [1.29, 1.82) is 0 Å². The molecule has 0 amide bonds. The largest absolute Gasteiger partial charge is 0.485 e. The lowest BCUT2D eigenvalue weighted by molar-refractivity contribution is 0.0431. The zero-order valence-electron chi connectivity index (χ0n) is 15.0. The summed E-state index contributed by atoms with van der Waals surface area (Å²) in [4.78, 5) is 24.8. The number of aromatic nitrogens is 1. The highest BCUT2D eigenvalue weighted by atomic mass is 19.1. The Morgan fingerprint density at radius 1 is 1.35 bits per heavy atom. The minimum Gasteiger partial charge on any atom is -0.485 e. The summed E-state index contributed by atoms with van der Waals surface area (Å²) in [6.45, 7) is 4.89. The Morgan fingerprint density at radius 3 is 2.62 bits per heavy atom. The minimum absolute atomic E-state index is 0.0643. The SMILES string of the molecule is CC(C)(C)Oc1cc2c(cc1F)c(=O)c(C(=O)OCCO)cn2C1CC1. The zero-order valence-corrected chi connectivity index (χ0v) is 15.0. The Labute approximate surface area is 150 Å². The summed E-state index contributed by atoms with van der Waals surface area (Å²) in [5, 5.41) is 8.90. The van der Waals surface area contributed by atoms with Gasteiger partial charge in [0.2, 0.25) is 5.43 Å². The molecule has 3 rings (SSSR count). The number of aliphatic hydroxyl groups is 1. The Morgan fingerprint density at radius 2 is 2.04 bits per heavy atom. The molecule has 0 saturated heterocycles. The Hall–Kier alpha value is -2.41. The number of rotatable bonds is 5. The molecule has 26 heavy (non-hydrogen) atoms. The van der Waals surface area contributed by atoms with Crippen LogP contribution in [0.4, 0.5) is 4.39 Å². The van der Waals surface area contributed by atoms with E-state index in [1.807, 2.05) is 20.8 Å². The Balaban J connectivity index is 2.17. The van der Waals surface area contributed by atoms with E-state index in [1.165, 1.54) is 12.3 Å². The van der Waals surface area contributed by atoms with Crippen LogP contribution < -0.4 is 10.2 Å². The number of fused-ring (bicyclic) bond motifs is 1. The second-order valence-corrected chi connectivity index (χ2v) is 7.38. The topological polar surface area (TPSA) is 77.8 Å². The van der Waals surface area contributed by atoms with E-state index in [9.17, 15) is 14.0 Å². The summed E-state index contributed by atoms with van der Waals surface area (Å²) in [5.74, 6) is -1.42. The fourth-order valence-corrected chi connectivity index (χ4v) is 2.77. The van der Waals surface area contributed by atoms with Gasteiger partial charge < -0.3 is 19.1 Å². The first-order valence-corrected chi connectivity index (χ1v) is 8.56. The van der Waals surface area contributed by atoms with Gasteiger partial charge in [0.1, 0.15) is 17.8 Å². The van der Waals surface area contributed by atoms with Gasteiger partial charge in [0.25, 0.3) is 0 Å². The van der Waals surface area contributed by atoms with Gasteiger partial charge in [-0.2, -0.15) is 0 Å². The molecular weight excluding hydrogens is 341 g/mol. The molecule has 0 aliphatic heterocycles. The van der Waals surface area contributed by atoms with Crippen molar-refractivity contribution in [3.05, 3.63) is 39.9 Å². The van der Waals surface area contributed by atoms with E-state index in [-0.39, 0.29) is 36.0 Å². The van der Waals surface area contributed by atoms with Gasteiger partial charge >= 0.3 is 5.97 Å². The van der Waals surface area contributed by atoms with Crippen LogP contribution in [-0.4, -0.2) is 34.5 Å². The number of hydrogen-bond acceptors (Lipinski definition) is 5. The number of esters is 1. The lowest BCUT2D eigenvalue weighted by Crippen LogP contribution is -2.24. The third kappa shape index (κ3) is 3.72. The molecular formula is C19H22FNO5. The predicted molar refractivity (Wildman–Crippen MR) is 94.2 cm³/mol. The number of carbonyl (C=O) groups excluding carboxylic acids is 1. The number of halogens is 1. The molecule has 0 atom stereocenters. The average Bonchev–Trinajstić information content (AvgIpc) is 3.38. The molecule has 7 heteroatoms.